The van der Waals surface area contributed by atoms with E-state index < -0.39 is 0 Å². The van der Waals surface area contributed by atoms with Gasteiger partial charge in [0.05, 0.1) is 16.8 Å². The number of benzene rings is 3. The number of amides is 1. The molecule has 0 unspecified atom stereocenters. The molecule has 33 heavy (non-hydrogen) atoms. The largest absolute Gasteiger partial charge is 0.490 e. The Bertz CT molecular complexity index is 1190. The maximum Gasteiger partial charge on any atom is 0.248 e. The molecule has 7 heteroatoms. The summed E-state index contributed by atoms with van der Waals surface area (Å²) in [7, 11) is 0. The number of hydrogen-bond acceptors (Lipinski definition) is 4. The molecule has 3 aromatic carbocycles. The first kappa shape index (κ1) is 24.6. The van der Waals surface area contributed by atoms with Crippen molar-refractivity contribution in [1.29, 1.82) is 0 Å². The van der Waals surface area contributed by atoms with Crippen molar-refractivity contribution in [3.63, 3.8) is 0 Å². The average molecular weight is 529 g/mol. The third-order valence-corrected chi connectivity index (χ3v) is 5.61. The fourth-order valence-corrected chi connectivity index (χ4v) is 3.86. The van der Waals surface area contributed by atoms with Gasteiger partial charge in [-0.05, 0) is 71.7 Å². The smallest absolute Gasteiger partial charge is 0.248 e. The lowest BCUT2D eigenvalue weighted by molar-refractivity contribution is -0.111. The maximum absolute atomic E-state index is 12.4. The molecule has 0 aliphatic carbocycles. The Hall–Kier alpha value is -3.09. The second-order valence-electron chi connectivity index (χ2n) is 7.07. The molecule has 0 aromatic heterocycles. The summed E-state index contributed by atoms with van der Waals surface area (Å²) in [5.74, 6) is 0.624. The number of carbonyl (C=O) groups is 2. The number of carbonyl (C=O) groups excluding carboxylic acids is 2. The predicted octanol–water partition coefficient (Wildman–Crippen LogP) is 6.93. The summed E-state index contributed by atoms with van der Waals surface area (Å²) < 4.78 is 12.4. The van der Waals surface area contributed by atoms with Gasteiger partial charge >= 0.3 is 0 Å². The highest BCUT2D eigenvalue weighted by molar-refractivity contribution is 9.10. The molecule has 3 aromatic rings. The van der Waals surface area contributed by atoms with Gasteiger partial charge in [0.1, 0.15) is 6.61 Å². The Kier molecular flexibility index (Phi) is 8.69. The van der Waals surface area contributed by atoms with Crippen molar-refractivity contribution in [1.82, 2.24) is 0 Å². The Balaban J connectivity index is 1.77. The van der Waals surface area contributed by atoms with Crippen LogP contribution in [-0.4, -0.2) is 18.3 Å². The van der Waals surface area contributed by atoms with E-state index in [1.165, 1.54) is 13.0 Å². The van der Waals surface area contributed by atoms with Crippen LogP contribution in [0, 0.1) is 0 Å². The minimum absolute atomic E-state index is 0.118. The summed E-state index contributed by atoms with van der Waals surface area (Å²) in [4.78, 5) is 24.2. The van der Waals surface area contributed by atoms with Crippen LogP contribution >= 0.6 is 27.5 Å². The van der Waals surface area contributed by atoms with Crippen molar-refractivity contribution in [3.05, 3.63) is 92.9 Å². The summed E-state index contributed by atoms with van der Waals surface area (Å²) in [6.07, 6.45) is 3.07. The Morgan fingerprint density at radius 3 is 2.52 bits per heavy atom. The summed E-state index contributed by atoms with van der Waals surface area (Å²) in [5.41, 5.74) is 2.53. The molecule has 0 atom stereocenters. The lowest BCUT2D eigenvalue weighted by Crippen LogP contribution is -2.11. The van der Waals surface area contributed by atoms with Crippen LogP contribution in [0.15, 0.2) is 71.2 Å². The molecule has 1 amide bonds. The Morgan fingerprint density at radius 2 is 1.79 bits per heavy atom. The van der Waals surface area contributed by atoms with E-state index >= 15 is 0 Å². The fraction of sp³-hybridized carbons (Fsp3) is 0.154. The van der Waals surface area contributed by atoms with Gasteiger partial charge < -0.3 is 14.8 Å². The van der Waals surface area contributed by atoms with E-state index in [9.17, 15) is 9.59 Å². The van der Waals surface area contributed by atoms with Crippen LogP contribution in [0.4, 0.5) is 5.69 Å². The van der Waals surface area contributed by atoms with Crippen LogP contribution in [0.3, 0.4) is 0 Å². The molecule has 3 rings (SSSR count). The predicted molar refractivity (Wildman–Crippen MR) is 135 cm³/mol. The summed E-state index contributed by atoms with van der Waals surface area (Å²) in [6, 6.07) is 18.0. The van der Waals surface area contributed by atoms with Crippen LogP contribution in [0.1, 0.15) is 35.3 Å². The summed E-state index contributed by atoms with van der Waals surface area (Å²) in [6.45, 7) is 4.08. The molecule has 5 nitrogen and oxygen atoms in total. The second kappa shape index (κ2) is 11.7. The number of anilines is 1. The van der Waals surface area contributed by atoms with E-state index in [0.29, 0.717) is 38.9 Å². The highest BCUT2D eigenvalue weighted by Gasteiger charge is 2.13. The topological polar surface area (TPSA) is 64.6 Å². The van der Waals surface area contributed by atoms with Crippen molar-refractivity contribution in [3.8, 4) is 11.5 Å². The average Bonchev–Trinajstić information content (AvgIpc) is 2.78. The number of hydrogen-bond donors (Lipinski definition) is 1. The van der Waals surface area contributed by atoms with E-state index in [4.69, 9.17) is 21.1 Å². The van der Waals surface area contributed by atoms with Crippen molar-refractivity contribution in [2.24, 2.45) is 0 Å². The van der Waals surface area contributed by atoms with E-state index in [1.807, 2.05) is 37.3 Å². The second-order valence-corrected chi connectivity index (χ2v) is 8.33. The normalized spacial score (nSPS) is 10.8. The minimum Gasteiger partial charge on any atom is -0.490 e. The van der Waals surface area contributed by atoms with Gasteiger partial charge in [0.25, 0.3) is 0 Å². The van der Waals surface area contributed by atoms with Gasteiger partial charge in [-0.1, -0.05) is 41.9 Å². The molecular formula is C26H23BrClNO4. The van der Waals surface area contributed by atoms with Gasteiger partial charge in [-0.2, -0.15) is 0 Å². The van der Waals surface area contributed by atoms with E-state index in [2.05, 4.69) is 21.2 Å². The monoisotopic (exact) mass is 527 g/mol. The molecule has 0 saturated heterocycles. The molecule has 170 valence electrons. The van der Waals surface area contributed by atoms with Crippen LogP contribution in [0.25, 0.3) is 6.08 Å². The summed E-state index contributed by atoms with van der Waals surface area (Å²) >= 11 is 9.76. The van der Waals surface area contributed by atoms with Gasteiger partial charge in [0.2, 0.25) is 5.91 Å². The van der Waals surface area contributed by atoms with E-state index in [-0.39, 0.29) is 18.3 Å². The summed E-state index contributed by atoms with van der Waals surface area (Å²) in [5, 5.41) is 3.37. The fourth-order valence-electron chi connectivity index (χ4n) is 3.10. The molecule has 0 aliphatic rings. The van der Waals surface area contributed by atoms with Crippen molar-refractivity contribution in [2.75, 3.05) is 11.9 Å². The molecule has 0 saturated carbocycles. The standard InChI is InChI=1S/C26H23BrClNO4/c1-3-32-24-15-18(12-13-25(31)29-23-11-7-5-9-20(23)17(2)30)14-21(27)26(24)33-16-19-8-4-6-10-22(19)28/h4-15H,3,16H2,1-2H3,(H,29,31)/b13-12+. The SMILES string of the molecule is CCOc1cc(/C=C/C(=O)Nc2ccccc2C(C)=O)cc(Br)c1OCc1ccccc1Cl. The number of ether oxygens (including phenoxy) is 2. The zero-order valence-electron chi connectivity index (χ0n) is 18.2. The first-order valence-electron chi connectivity index (χ1n) is 10.3. The number of Topliss-reactive ketones (excluding diaryl/α,β-unsaturated/α-hetero) is 1. The van der Waals surface area contributed by atoms with Gasteiger partial charge in [-0.3, -0.25) is 9.59 Å². The molecule has 0 aliphatic heterocycles. The van der Waals surface area contributed by atoms with Crippen molar-refractivity contribution >= 4 is 51.0 Å². The van der Waals surface area contributed by atoms with Gasteiger partial charge in [-0.15, -0.1) is 0 Å². The Labute approximate surface area is 206 Å². The minimum atomic E-state index is -0.350. The lowest BCUT2D eigenvalue weighted by Gasteiger charge is -2.15. The van der Waals surface area contributed by atoms with E-state index in [0.717, 1.165) is 11.1 Å². The van der Waals surface area contributed by atoms with Gasteiger partial charge in [0.15, 0.2) is 17.3 Å². The van der Waals surface area contributed by atoms with Crippen LogP contribution in [0.5, 0.6) is 11.5 Å². The molecule has 0 radical (unpaired) electrons. The van der Waals surface area contributed by atoms with Crippen molar-refractivity contribution in [2.45, 2.75) is 20.5 Å². The highest BCUT2D eigenvalue weighted by atomic mass is 79.9. The number of para-hydroxylation sites is 1. The first-order valence-corrected chi connectivity index (χ1v) is 11.5. The maximum atomic E-state index is 12.4. The van der Waals surface area contributed by atoms with Gasteiger partial charge in [-0.25, -0.2) is 0 Å². The van der Waals surface area contributed by atoms with Crippen LogP contribution in [-0.2, 0) is 11.4 Å². The number of nitrogens with one attached hydrogen (secondary N) is 1. The molecule has 0 bridgehead atoms. The third kappa shape index (κ3) is 6.70. The first-order chi connectivity index (χ1) is 15.9. The van der Waals surface area contributed by atoms with Crippen molar-refractivity contribution < 1.29 is 19.1 Å². The zero-order valence-corrected chi connectivity index (χ0v) is 20.6. The number of ketones is 1. The molecule has 0 heterocycles. The third-order valence-electron chi connectivity index (χ3n) is 4.65. The van der Waals surface area contributed by atoms with Crippen LogP contribution < -0.4 is 14.8 Å². The molecule has 1 N–H and O–H groups in total. The van der Waals surface area contributed by atoms with Crippen LogP contribution in [0.2, 0.25) is 5.02 Å². The molecule has 0 spiro atoms. The quantitative estimate of drug-likeness (QED) is 0.241. The zero-order chi connectivity index (χ0) is 23.8. The molecule has 0 fully saturated rings. The van der Waals surface area contributed by atoms with Gasteiger partial charge in [0, 0.05) is 22.2 Å². The lowest BCUT2D eigenvalue weighted by atomic mass is 10.1. The number of halogens is 2. The molecular weight excluding hydrogens is 506 g/mol. The Morgan fingerprint density at radius 1 is 1.06 bits per heavy atom. The highest BCUT2D eigenvalue weighted by Crippen LogP contribution is 2.38. The van der Waals surface area contributed by atoms with E-state index in [1.54, 1.807) is 36.4 Å². The number of rotatable bonds is 9.